The molecule has 0 fully saturated rings. The molecule has 0 bridgehead atoms. The normalized spacial score (nSPS) is 11.9. The summed E-state index contributed by atoms with van der Waals surface area (Å²) in [7, 11) is -3.58. The highest BCUT2D eigenvalue weighted by Gasteiger charge is 2.20. The first-order chi connectivity index (χ1) is 11.5. The Morgan fingerprint density at radius 3 is 2.38 bits per heavy atom. The second-order valence-electron chi connectivity index (χ2n) is 6.24. The van der Waals surface area contributed by atoms with Crippen molar-refractivity contribution in [1.29, 1.82) is 0 Å². The Morgan fingerprint density at radius 2 is 1.67 bits per heavy atom. The van der Waals surface area contributed by atoms with Crippen LogP contribution in [0.5, 0.6) is 0 Å². The zero-order chi connectivity index (χ0) is 17.2. The van der Waals surface area contributed by atoms with Gasteiger partial charge in [-0.05, 0) is 43.5 Å². The van der Waals surface area contributed by atoms with E-state index in [-0.39, 0.29) is 0 Å². The van der Waals surface area contributed by atoms with Gasteiger partial charge in [0.1, 0.15) is 0 Å². The summed E-state index contributed by atoms with van der Waals surface area (Å²) in [6, 6.07) is 14.8. The van der Waals surface area contributed by atoms with Crippen molar-refractivity contribution in [3.8, 4) is 0 Å². The first kappa shape index (κ1) is 16.8. The predicted octanol–water partition coefficient (Wildman–Crippen LogP) is 4.92. The van der Waals surface area contributed by atoms with Crippen LogP contribution in [0, 0.1) is 6.92 Å². The average Bonchev–Trinajstić information content (AvgIpc) is 2.95. The number of aryl methyl sites for hydroxylation is 2. The number of aromatic nitrogens is 1. The molecule has 126 valence electrons. The minimum absolute atomic E-state index is 0.328. The summed E-state index contributed by atoms with van der Waals surface area (Å²) >= 11 is 0. The largest absolute Gasteiger partial charge is 0.268 e. The van der Waals surface area contributed by atoms with Gasteiger partial charge in [-0.3, -0.25) is 0 Å². The molecule has 0 atom stereocenters. The van der Waals surface area contributed by atoms with Crippen LogP contribution in [0.1, 0.15) is 37.3 Å². The molecule has 3 nitrogen and oxygen atoms in total. The Hall–Kier alpha value is -2.07. The van der Waals surface area contributed by atoms with Crippen molar-refractivity contribution >= 4 is 20.9 Å². The molecule has 0 spiro atoms. The van der Waals surface area contributed by atoms with E-state index in [4.69, 9.17) is 0 Å². The van der Waals surface area contributed by atoms with E-state index >= 15 is 0 Å². The molecule has 0 saturated heterocycles. The third kappa shape index (κ3) is 3.11. The van der Waals surface area contributed by atoms with E-state index in [1.54, 1.807) is 18.3 Å². The maximum atomic E-state index is 13.1. The number of para-hydroxylation sites is 1. The summed E-state index contributed by atoms with van der Waals surface area (Å²) in [5, 5.41) is 1.03. The van der Waals surface area contributed by atoms with Gasteiger partial charge in [0.15, 0.2) is 0 Å². The van der Waals surface area contributed by atoms with Crippen molar-refractivity contribution in [3.05, 3.63) is 65.9 Å². The van der Waals surface area contributed by atoms with Crippen LogP contribution in [0.2, 0.25) is 0 Å². The summed E-state index contributed by atoms with van der Waals surface area (Å²) < 4.78 is 27.6. The van der Waals surface area contributed by atoms with Crippen molar-refractivity contribution in [2.45, 2.75) is 44.4 Å². The highest BCUT2D eigenvalue weighted by molar-refractivity contribution is 7.90. The van der Waals surface area contributed by atoms with E-state index in [0.29, 0.717) is 4.90 Å². The molecular weight excluding hydrogens is 318 g/mol. The molecule has 0 aliphatic carbocycles. The van der Waals surface area contributed by atoms with Gasteiger partial charge in [-0.25, -0.2) is 12.4 Å². The number of hydrogen-bond acceptors (Lipinski definition) is 2. The summed E-state index contributed by atoms with van der Waals surface area (Å²) in [6.07, 6.45) is 6.10. The molecule has 0 saturated carbocycles. The van der Waals surface area contributed by atoms with E-state index in [1.807, 2.05) is 43.3 Å². The standard InChI is InChI=1S/C20H23NO2S/c1-3-4-5-8-17-15-21(20-10-7-6-9-19(17)20)24(22,23)18-13-11-16(2)12-14-18/h6-7,9-15H,3-5,8H2,1-2H3. The maximum absolute atomic E-state index is 13.1. The Kier molecular flexibility index (Phi) is 4.76. The molecule has 3 rings (SSSR count). The highest BCUT2D eigenvalue weighted by Crippen LogP contribution is 2.27. The van der Waals surface area contributed by atoms with E-state index < -0.39 is 10.0 Å². The lowest BCUT2D eigenvalue weighted by atomic mass is 10.1. The van der Waals surface area contributed by atoms with Crippen molar-refractivity contribution < 1.29 is 8.42 Å². The summed E-state index contributed by atoms with van der Waals surface area (Å²) in [6.45, 7) is 4.12. The number of rotatable bonds is 6. The first-order valence-electron chi connectivity index (χ1n) is 8.45. The molecule has 0 N–H and O–H groups in total. The van der Waals surface area contributed by atoms with Crippen LogP contribution in [-0.2, 0) is 16.4 Å². The molecule has 24 heavy (non-hydrogen) atoms. The van der Waals surface area contributed by atoms with Crippen LogP contribution in [0.4, 0.5) is 0 Å². The zero-order valence-electron chi connectivity index (χ0n) is 14.2. The van der Waals surface area contributed by atoms with Crippen LogP contribution in [0.3, 0.4) is 0 Å². The van der Waals surface area contributed by atoms with Crippen molar-refractivity contribution in [3.63, 3.8) is 0 Å². The topological polar surface area (TPSA) is 39.1 Å². The third-order valence-electron chi connectivity index (χ3n) is 4.39. The zero-order valence-corrected chi connectivity index (χ0v) is 15.0. The third-order valence-corrected chi connectivity index (χ3v) is 6.08. The number of benzene rings is 2. The Morgan fingerprint density at radius 1 is 0.958 bits per heavy atom. The Labute approximate surface area is 144 Å². The summed E-state index contributed by atoms with van der Waals surface area (Å²) in [4.78, 5) is 0.328. The number of fused-ring (bicyclic) bond motifs is 1. The van der Waals surface area contributed by atoms with Crippen LogP contribution >= 0.6 is 0 Å². The van der Waals surface area contributed by atoms with E-state index in [9.17, 15) is 8.42 Å². The van der Waals surface area contributed by atoms with Crippen LogP contribution in [0.15, 0.2) is 59.6 Å². The SMILES string of the molecule is CCCCCc1cn(S(=O)(=O)c2ccc(C)cc2)c2ccccc12. The van der Waals surface area contributed by atoms with Gasteiger partial charge in [0, 0.05) is 11.6 Å². The van der Waals surface area contributed by atoms with E-state index in [2.05, 4.69) is 6.92 Å². The Bertz CT molecular complexity index is 937. The predicted molar refractivity (Wildman–Crippen MR) is 98.9 cm³/mol. The fourth-order valence-electron chi connectivity index (χ4n) is 3.01. The minimum atomic E-state index is -3.58. The van der Waals surface area contributed by atoms with Crippen molar-refractivity contribution in [1.82, 2.24) is 3.97 Å². The van der Waals surface area contributed by atoms with Gasteiger partial charge in [-0.1, -0.05) is 55.7 Å². The van der Waals surface area contributed by atoms with Crippen molar-refractivity contribution in [2.75, 3.05) is 0 Å². The molecule has 0 aliphatic heterocycles. The van der Waals surface area contributed by atoms with Gasteiger partial charge >= 0.3 is 0 Å². The lowest BCUT2D eigenvalue weighted by molar-refractivity contribution is 0.589. The summed E-state index contributed by atoms with van der Waals surface area (Å²) in [5.74, 6) is 0. The number of hydrogen-bond donors (Lipinski definition) is 0. The van der Waals surface area contributed by atoms with Gasteiger partial charge in [0.2, 0.25) is 0 Å². The quantitative estimate of drug-likeness (QED) is 0.597. The van der Waals surface area contributed by atoms with Crippen LogP contribution in [0.25, 0.3) is 10.9 Å². The second-order valence-corrected chi connectivity index (χ2v) is 8.06. The second kappa shape index (κ2) is 6.81. The van der Waals surface area contributed by atoms with Crippen LogP contribution < -0.4 is 0 Å². The van der Waals surface area contributed by atoms with Crippen molar-refractivity contribution in [2.24, 2.45) is 0 Å². The summed E-state index contributed by atoms with van der Waals surface area (Å²) in [5.41, 5.74) is 2.91. The lowest BCUT2D eigenvalue weighted by Crippen LogP contribution is -2.11. The smallest absolute Gasteiger partial charge is 0.241 e. The maximum Gasteiger partial charge on any atom is 0.268 e. The Balaban J connectivity index is 2.10. The van der Waals surface area contributed by atoms with Gasteiger partial charge < -0.3 is 0 Å². The molecule has 0 amide bonds. The van der Waals surface area contributed by atoms with Gasteiger partial charge in [-0.15, -0.1) is 0 Å². The minimum Gasteiger partial charge on any atom is -0.241 e. The van der Waals surface area contributed by atoms with E-state index in [0.717, 1.165) is 47.7 Å². The van der Waals surface area contributed by atoms with Gasteiger partial charge in [0.05, 0.1) is 10.4 Å². The lowest BCUT2D eigenvalue weighted by Gasteiger charge is -2.07. The highest BCUT2D eigenvalue weighted by atomic mass is 32.2. The molecular formula is C20H23NO2S. The monoisotopic (exact) mass is 341 g/mol. The fraction of sp³-hybridized carbons (Fsp3) is 0.300. The molecule has 0 aliphatic rings. The van der Waals surface area contributed by atoms with E-state index in [1.165, 1.54) is 3.97 Å². The number of unbranched alkanes of at least 4 members (excludes halogenated alkanes) is 2. The van der Waals surface area contributed by atoms with Gasteiger partial charge in [0.25, 0.3) is 10.0 Å². The number of nitrogens with zero attached hydrogens (tertiary/aromatic N) is 1. The molecule has 1 heterocycles. The molecule has 1 aromatic heterocycles. The molecule has 2 aromatic carbocycles. The molecule has 3 aromatic rings. The van der Waals surface area contributed by atoms with Crippen LogP contribution in [-0.4, -0.2) is 12.4 Å². The average molecular weight is 341 g/mol. The molecule has 0 unspecified atom stereocenters. The molecule has 0 radical (unpaired) electrons. The molecule has 4 heteroatoms. The fourth-order valence-corrected chi connectivity index (χ4v) is 4.40. The first-order valence-corrected chi connectivity index (χ1v) is 9.89. The van der Waals surface area contributed by atoms with Gasteiger partial charge in [-0.2, -0.15) is 0 Å².